The quantitative estimate of drug-likeness (QED) is 0.736. The van der Waals surface area contributed by atoms with Crippen molar-refractivity contribution >= 4 is 5.69 Å². The van der Waals surface area contributed by atoms with Crippen molar-refractivity contribution in [2.24, 2.45) is 5.92 Å². The van der Waals surface area contributed by atoms with Gasteiger partial charge in [0, 0.05) is 23.8 Å². The van der Waals surface area contributed by atoms with Crippen LogP contribution in [0.15, 0.2) is 48.5 Å². The van der Waals surface area contributed by atoms with Gasteiger partial charge in [0.2, 0.25) is 0 Å². The molecule has 0 amide bonds. The Labute approximate surface area is 145 Å². The van der Waals surface area contributed by atoms with Gasteiger partial charge in [0.1, 0.15) is 0 Å². The van der Waals surface area contributed by atoms with Crippen LogP contribution in [0.5, 0.6) is 0 Å². The third-order valence-corrected chi connectivity index (χ3v) is 5.49. The number of hydrogen-bond acceptors (Lipinski definition) is 2. The molecule has 2 nitrogen and oxygen atoms in total. The molecule has 0 radical (unpaired) electrons. The minimum atomic E-state index is 0.156. The molecule has 126 valence electrons. The molecule has 2 aromatic rings. The van der Waals surface area contributed by atoms with Gasteiger partial charge in [0.15, 0.2) is 0 Å². The molecule has 0 aromatic heterocycles. The monoisotopic (exact) mass is 321 g/mol. The van der Waals surface area contributed by atoms with Crippen LogP contribution in [0.25, 0.3) is 0 Å². The second-order valence-electron chi connectivity index (χ2n) is 8.18. The van der Waals surface area contributed by atoms with E-state index in [1.165, 1.54) is 28.8 Å². The minimum absolute atomic E-state index is 0.156. The highest BCUT2D eigenvalue weighted by Crippen LogP contribution is 2.49. The number of ether oxygens (including phenoxy) is 1. The summed E-state index contributed by atoms with van der Waals surface area (Å²) in [6.07, 6.45) is 2.59. The van der Waals surface area contributed by atoms with Crippen LogP contribution in [0.4, 0.5) is 5.69 Å². The van der Waals surface area contributed by atoms with Crippen molar-refractivity contribution in [3.05, 3.63) is 65.2 Å². The number of fused-ring (bicyclic) bond motifs is 3. The lowest BCUT2D eigenvalue weighted by molar-refractivity contribution is -0.0381. The molecule has 0 aliphatic carbocycles. The molecule has 0 spiro atoms. The van der Waals surface area contributed by atoms with Gasteiger partial charge in [-0.1, -0.05) is 63.2 Å². The molecule has 3 atom stereocenters. The van der Waals surface area contributed by atoms with Crippen LogP contribution >= 0.6 is 0 Å². The van der Waals surface area contributed by atoms with Crippen molar-refractivity contribution in [1.82, 2.24) is 0 Å². The zero-order chi connectivity index (χ0) is 16.7. The predicted molar refractivity (Wildman–Crippen MR) is 99.4 cm³/mol. The SMILES string of the molecule is CC(C)(C)c1ccc2c(c1)N[C@@H](c1ccccc1)[C@@H]1CCCO[C@H]21. The van der Waals surface area contributed by atoms with Crippen molar-refractivity contribution in [2.75, 3.05) is 11.9 Å². The summed E-state index contributed by atoms with van der Waals surface area (Å²) in [5, 5.41) is 3.84. The molecule has 1 saturated heterocycles. The maximum atomic E-state index is 6.25. The van der Waals surface area contributed by atoms with Gasteiger partial charge >= 0.3 is 0 Å². The maximum Gasteiger partial charge on any atom is 0.0895 e. The molecule has 2 aliphatic rings. The fraction of sp³-hybridized carbons (Fsp3) is 0.455. The third-order valence-electron chi connectivity index (χ3n) is 5.49. The Hall–Kier alpha value is -1.80. The summed E-state index contributed by atoms with van der Waals surface area (Å²) in [4.78, 5) is 0. The van der Waals surface area contributed by atoms with Crippen molar-refractivity contribution < 1.29 is 4.74 Å². The summed E-state index contributed by atoms with van der Waals surface area (Å²) in [7, 11) is 0. The van der Waals surface area contributed by atoms with Crippen molar-refractivity contribution in [3.63, 3.8) is 0 Å². The highest BCUT2D eigenvalue weighted by atomic mass is 16.5. The highest BCUT2D eigenvalue weighted by molar-refractivity contribution is 5.59. The minimum Gasteiger partial charge on any atom is -0.378 e. The molecule has 2 aliphatic heterocycles. The van der Waals surface area contributed by atoms with E-state index >= 15 is 0 Å². The average Bonchev–Trinajstić information content (AvgIpc) is 2.60. The maximum absolute atomic E-state index is 6.25. The first-order valence-corrected chi connectivity index (χ1v) is 9.11. The number of benzene rings is 2. The normalized spacial score (nSPS) is 26.2. The van der Waals surface area contributed by atoms with E-state index < -0.39 is 0 Å². The first-order valence-electron chi connectivity index (χ1n) is 9.11. The molecular formula is C22H27NO. The average molecular weight is 321 g/mol. The number of anilines is 1. The largest absolute Gasteiger partial charge is 0.378 e. The van der Waals surface area contributed by atoms with Crippen molar-refractivity contribution in [2.45, 2.75) is 51.2 Å². The van der Waals surface area contributed by atoms with Crippen LogP contribution in [-0.2, 0) is 10.2 Å². The Bertz CT molecular complexity index is 716. The molecule has 1 fully saturated rings. The third kappa shape index (κ3) is 2.73. The second kappa shape index (κ2) is 5.93. The van der Waals surface area contributed by atoms with Crippen LogP contribution in [0.2, 0.25) is 0 Å². The molecule has 4 rings (SSSR count). The van der Waals surface area contributed by atoms with Crippen LogP contribution in [-0.4, -0.2) is 6.61 Å². The van der Waals surface area contributed by atoms with E-state index in [1.807, 2.05) is 0 Å². The van der Waals surface area contributed by atoms with E-state index in [1.54, 1.807) is 0 Å². The Balaban J connectivity index is 1.78. The molecular weight excluding hydrogens is 294 g/mol. The smallest absolute Gasteiger partial charge is 0.0895 e. The van der Waals surface area contributed by atoms with Gasteiger partial charge in [0.05, 0.1) is 12.1 Å². The lowest BCUT2D eigenvalue weighted by atomic mass is 9.76. The van der Waals surface area contributed by atoms with E-state index in [0.717, 1.165) is 13.0 Å². The van der Waals surface area contributed by atoms with Gasteiger partial charge < -0.3 is 10.1 Å². The summed E-state index contributed by atoms with van der Waals surface area (Å²) in [6, 6.07) is 18.1. The zero-order valence-electron chi connectivity index (χ0n) is 14.9. The highest BCUT2D eigenvalue weighted by Gasteiger charge is 2.39. The molecule has 0 saturated carbocycles. The van der Waals surface area contributed by atoms with Crippen LogP contribution in [0.1, 0.15) is 62.4 Å². The van der Waals surface area contributed by atoms with Crippen LogP contribution in [0.3, 0.4) is 0 Å². The van der Waals surface area contributed by atoms with Gasteiger partial charge in [0.25, 0.3) is 0 Å². The summed E-state index contributed by atoms with van der Waals surface area (Å²) in [6.45, 7) is 7.69. The van der Waals surface area contributed by atoms with Crippen molar-refractivity contribution in [1.29, 1.82) is 0 Å². The topological polar surface area (TPSA) is 21.3 Å². The molecule has 2 aromatic carbocycles. The lowest BCUT2D eigenvalue weighted by Gasteiger charge is -2.43. The first kappa shape index (κ1) is 15.7. The van der Waals surface area contributed by atoms with Gasteiger partial charge in [-0.15, -0.1) is 0 Å². The number of nitrogens with one attached hydrogen (secondary N) is 1. The number of hydrogen-bond donors (Lipinski definition) is 1. The predicted octanol–water partition coefficient (Wildman–Crippen LogP) is 5.62. The molecule has 24 heavy (non-hydrogen) atoms. The first-order chi connectivity index (χ1) is 11.5. The van der Waals surface area contributed by atoms with Gasteiger partial charge in [-0.2, -0.15) is 0 Å². The van der Waals surface area contributed by atoms with E-state index in [-0.39, 0.29) is 11.5 Å². The zero-order valence-corrected chi connectivity index (χ0v) is 14.9. The lowest BCUT2D eigenvalue weighted by Crippen LogP contribution is -2.36. The Morgan fingerprint density at radius 2 is 1.83 bits per heavy atom. The van der Waals surface area contributed by atoms with Gasteiger partial charge in [-0.05, 0) is 35.4 Å². The molecule has 2 heteroatoms. The van der Waals surface area contributed by atoms with Crippen LogP contribution in [0, 0.1) is 5.92 Å². The van der Waals surface area contributed by atoms with E-state index in [2.05, 4.69) is 74.6 Å². The van der Waals surface area contributed by atoms with E-state index in [0.29, 0.717) is 12.0 Å². The van der Waals surface area contributed by atoms with Crippen molar-refractivity contribution in [3.8, 4) is 0 Å². The Morgan fingerprint density at radius 1 is 1.04 bits per heavy atom. The summed E-state index contributed by atoms with van der Waals surface area (Å²) >= 11 is 0. The van der Waals surface area contributed by atoms with Gasteiger partial charge in [-0.3, -0.25) is 0 Å². The Morgan fingerprint density at radius 3 is 2.58 bits per heavy atom. The second-order valence-corrected chi connectivity index (χ2v) is 8.18. The standard InChI is InChI=1S/C22H27NO/c1-22(2,3)16-11-12-17-19(14-16)23-20(15-8-5-4-6-9-15)18-10-7-13-24-21(17)18/h4-6,8-9,11-12,14,18,20-21,23H,7,10,13H2,1-3H3/t18-,20-,21+/m0/s1. The van der Waals surface area contributed by atoms with Gasteiger partial charge in [-0.25, -0.2) is 0 Å². The summed E-state index contributed by atoms with van der Waals surface area (Å²) in [5.41, 5.74) is 5.47. The fourth-order valence-corrected chi connectivity index (χ4v) is 4.13. The molecule has 2 heterocycles. The van der Waals surface area contributed by atoms with E-state index in [9.17, 15) is 0 Å². The molecule has 0 bridgehead atoms. The molecule has 0 unspecified atom stereocenters. The Kier molecular flexibility index (Phi) is 3.88. The number of rotatable bonds is 1. The van der Waals surface area contributed by atoms with Crippen LogP contribution < -0.4 is 5.32 Å². The van der Waals surface area contributed by atoms with E-state index in [4.69, 9.17) is 4.74 Å². The molecule has 1 N–H and O–H groups in total. The summed E-state index contributed by atoms with van der Waals surface area (Å²) in [5.74, 6) is 0.508. The fourth-order valence-electron chi connectivity index (χ4n) is 4.13. The summed E-state index contributed by atoms with van der Waals surface area (Å²) < 4.78 is 6.25.